The molecule has 1 aromatic rings. The fourth-order valence-electron chi connectivity index (χ4n) is 9.00. The van der Waals surface area contributed by atoms with E-state index in [9.17, 15) is 32.1 Å². The predicted molar refractivity (Wildman–Crippen MR) is 145 cm³/mol. The maximum Gasteiger partial charge on any atom is 0.331 e. The summed E-state index contributed by atoms with van der Waals surface area (Å²) in [5.41, 5.74) is -2.03. The fourth-order valence-corrected chi connectivity index (χ4v) is 10.2. The monoisotopic (exact) mass is 615 g/mol. The van der Waals surface area contributed by atoms with Crippen molar-refractivity contribution in [3.63, 3.8) is 0 Å². The van der Waals surface area contributed by atoms with Gasteiger partial charge in [-0.05, 0) is 73.1 Å². The Labute approximate surface area is 249 Å². The number of fused-ring (bicyclic) bond motifs is 1. The van der Waals surface area contributed by atoms with Crippen LogP contribution in [0, 0.1) is 28.6 Å². The molecular weight excluding hydrogens is 580 g/mol. The lowest BCUT2D eigenvalue weighted by atomic mass is 9.49. The lowest BCUT2D eigenvalue weighted by Gasteiger charge is -2.54. The zero-order chi connectivity index (χ0) is 30.8. The second-order valence-electron chi connectivity index (χ2n) is 14.1. The highest BCUT2D eigenvalue weighted by Crippen LogP contribution is 2.61. The Bertz CT molecular complexity index is 1510. The number of ketones is 1. The summed E-state index contributed by atoms with van der Waals surface area (Å²) in [7, 11) is -4.82. The van der Waals surface area contributed by atoms with Gasteiger partial charge in [0, 0.05) is 18.3 Å². The van der Waals surface area contributed by atoms with Gasteiger partial charge in [0.1, 0.15) is 33.9 Å². The zero-order valence-corrected chi connectivity index (χ0v) is 25.3. The van der Waals surface area contributed by atoms with Crippen molar-refractivity contribution in [1.82, 2.24) is 0 Å². The summed E-state index contributed by atoms with van der Waals surface area (Å²) in [5, 5.41) is 0. The number of esters is 3. The molecule has 8 rings (SSSR count). The molecule has 0 radical (unpaired) electrons. The Balaban J connectivity index is 1.12. The molecule has 7 aliphatic rings. The normalized spacial score (nSPS) is 38.7. The molecule has 3 heterocycles. The quantitative estimate of drug-likeness (QED) is 0.192. The lowest BCUT2D eigenvalue weighted by Crippen LogP contribution is -2.56. The highest BCUT2D eigenvalue weighted by molar-refractivity contribution is 7.85. The minimum Gasteiger partial charge on any atom is -0.744 e. The Morgan fingerprint density at radius 2 is 1.56 bits per heavy atom. The van der Waals surface area contributed by atoms with Crippen LogP contribution in [0.3, 0.4) is 0 Å². The molecule has 3 saturated heterocycles. The molecule has 7 unspecified atom stereocenters. The second kappa shape index (κ2) is 9.34. The summed E-state index contributed by atoms with van der Waals surface area (Å²) in [6.07, 6.45) is -0.353. The highest BCUT2D eigenvalue weighted by atomic mass is 32.2. The van der Waals surface area contributed by atoms with Gasteiger partial charge in [0.25, 0.3) is 0 Å². The van der Waals surface area contributed by atoms with E-state index in [4.69, 9.17) is 18.9 Å². The molecule has 7 atom stereocenters. The molecule has 1 aromatic carbocycles. The van der Waals surface area contributed by atoms with Crippen molar-refractivity contribution in [1.29, 1.82) is 0 Å². The van der Waals surface area contributed by atoms with Crippen LogP contribution in [0.25, 0.3) is 0 Å². The van der Waals surface area contributed by atoms with Crippen molar-refractivity contribution >= 4 is 33.8 Å². The van der Waals surface area contributed by atoms with Crippen molar-refractivity contribution in [3.05, 3.63) is 23.3 Å². The number of ether oxygens (including phenoxy) is 4. The van der Waals surface area contributed by atoms with E-state index in [1.165, 1.54) is 12.1 Å². The van der Waals surface area contributed by atoms with Crippen LogP contribution in [0.5, 0.6) is 5.75 Å². The molecule has 11 nitrogen and oxygen atoms in total. The van der Waals surface area contributed by atoms with Gasteiger partial charge in [-0.15, -0.1) is 0 Å². The van der Waals surface area contributed by atoms with Crippen LogP contribution in [0.4, 0.5) is 0 Å². The number of hydrogen-bond donors (Lipinski definition) is 0. The topological polar surface area (TPSA) is 162 Å². The molecule has 0 aromatic heterocycles. The number of Topliss-reactive ketones (excluding diaryl/α,β-unsaturated/α-hetero) is 1. The first-order chi connectivity index (χ1) is 20.1. The average Bonchev–Trinajstić information content (AvgIpc) is 3.52. The molecule has 0 N–H and O–H groups in total. The van der Waals surface area contributed by atoms with E-state index in [2.05, 4.69) is 0 Å². The molecule has 43 heavy (non-hydrogen) atoms. The van der Waals surface area contributed by atoms with Crippen LogP contribution in [-0.2, 0) is 43.5 Å². The first kappa shape index (κ1) is 28.9. The highest BCUT2D eigenvalue weighted by Gasteiger charge is 2.77. The van der Waals surface area contributed by atoms with E-state index in [0.717, 1.165) is 12.8 Å². The molecular formula is C31H35O11S-. The van der Waals surface area contributed by atoms with Crippen LogP contribution < -0.4 is 4.74 Å². The molecule has 6 bridgehead atoms. The van der Waals surface area contributed by atoms with Crippen LogP contribution in [0.15, 0.2) is 17.0 Å². The summed E-state index contributed by atoms with van der Waals surface area (Å²) in [6.45, 7) is 6.90. The number of hydrogen-bond acceptors (Lipinski definition) is 11. The molecule has 7 fully saturated rings. The van der Waals surface area contributed by atoms with E-state index < -0.39 is 57.3 Å². The van der Waals surface area contributed by atoms with Gasteiger partial charge in [-0.3, -0.25) is 19.2 Å². The smallest absolute Gasteiger partial charge is 0.331 e. The van der Waals surface area contributed by atoms with E-state index >= 15 is 0 Å². The summed E-state index contributed by atoms with van der Waals surface area (Å²) in [5.74, 6) is -2.44. The van der Waals surface area contributed by atoms with E-state index in [1.54, 1.807) is 27.7 Å². The molecule has 0 amide bonds. The summed E-state index contributed by atoms with van der Waals surface area (Å²) < 4.78 is 59.9. The van der Waals surface area contributed by atoms with E-state index in [0.29, 0.717) is 25.2 Å². The van der Waals surface area contributed by atoms with Gasteiger partial charge in [0.15, 0.2) is 17.6 Å². The maximum atomic E-state index is 13.7. The van der Waals surface area contributed by atoms with Crippen molar-refractivity contribution in [3.8, 4) is 5.75 Å². The van der Waals surface area contributed by atoms with Gasteiger partial charge in [0.05, 0.1) is 10.3 Å². The number of rotatable bonds is 7. The second-order valence-corrected chi connectivity index (χ2v) is 15.4. The van der Waals surface area contributed by atoms with Gasteiger partial charge >= 0.3 is 17.9 Å². The first-order valence-electron chi connectivity index (χ1n) is 15.1. The van der Waals surface area contributed by atoms with Crippen LogP contribution >= 0.6 is 0 Å². The van der Waals surface area contributed by atoms with Gasteiger partial charge < -0.3 is 23.5 Å². The van der Waals surface area contributed by atoms with Crippen molar-refractivity contribution in [2.75, 3.05) is 0 Å². The molecule has 4 saturated carbocycles. The maximum absolute atomic E-state index is 13.7. The SMILES string of the molecule is CC(C)c1cc(OC(=O)C23CC4OC2C(OC3=O)C4OC(=O)C23CC4CC(C2)C(=O)C(C4)C3)cc(C(C)C)c1S(=O)(=O)[O-]. The van der Waals surface area contributed by atoms with Crippen molar-refractivity contribution in [2.45, 2.75) is 107 Å². The van der Waals surface area contributed by atoms with Crippen LogP contribution in [-0.4, -0.2) is 61.1 Å². The zero-order valence-electron chi connectivity index (χ0n) is 24.5. The van der Waals surface area contributed by atoms with Crippen molar-refractivity contribution in [2.24, 2.45) is 28.6 Å². The summed E-state index contributed by atoms with van der Waals surface area (Å²) in [6, 6.07) is 2.70. The molecule has 12 heteroatoms. The fraction of sp³-hybridized carbons (Fsp3) is 0.677. The van der Waals surface area contributed by atoms with E-state index in [1.807, 2.05) is 0 Å². The summed E-state index contributed by atoms with van der Waals surface area (Å²) >= 11 is 0. The molecule has 0 spiro atoms. The summed E-state index contributed by atoms with van der Waals surface area (Å²) in [4.78, 5) is 52.9. The van der Waals surface area contributed by atoms with E-state index in [-0.39, 0.29) is 63.6 Å². The average molecular weight is 616 g/mol. The third-order valence-electron chi connectivity index (χ3n) is 10.8. The minimum atomic E-state index is -4.82. The van der Waals surface area contributed by atoms with Crippen LogP contribution in [0.1, 0.15) is 89.2 Å². The number of carbonyl (C=O) groups excluding carboxylic acids is 4. The van der Waals surface area contributed by atoms with Gasteiger partial charge in [-0.1, -0.05) is 27.7 Å². The first-order valence-corrected chi connectivity index (χ1v) is 16.5. The third kappa shape index (κ3) is 4.08. The standard InChI is InChI=1S/C31H36O11S/c1-13(2)19-7-18(8-20(14(3)4)25(19)43(36,37)38)39-28(34)31-12-21-23(24(26(31)40-21)42-29(31)35)41-27(33)30-9-15-5-16(10-30)22(32)17(6-15)11-30/h7-8,13-17,21,23-24,26H,5-6,9-12H2,1-4H3,(H,36,37,38)/p-1. The lowest BCUT2D eigenvalue weighted by molar-refractivity contribution is -0.185. The Hall–Kier alpha value is -2.83. The van der Waals surface area contributed by atoms with Crippen LogP contribution in [0.2, 0.25) is 0 Å². The van der Waals surface area contributed by atoms with Crippen molar-refractivity contribution < 1.29 is 51.1 Å². The van der Waals surface area contributed by atoms with Gasteiger partial charge in [-0.25, -0.2) is 8.42 Å². The minimum absolute atomic E-state index is 0.0116. The Morgan fingerprint density at radius 3 is 2.12 bits per heavy atom. The number of carbonyl (C=O) groups is 4. The third-order valence-corrected chi connectivity index (χ3v) is 11.8. The van der Waals surface area contributed by atoms with Gasteiger partial charge in [0.2, 0.25) is 0 Å². The number of benzene rings is 1. The molecule has 4 aliphatic carbocycles. The largest absolute Gasteiger partial charge is 0.744 e. The Morgan fingerprint density at radius 1 is 0.953 bits per heavy atom. The Kier molecular flexibility index (Phi) is 6.28. The molecule has 232 valence electrons. The predicted octanol–water partition coefficient (Wildman–Crippen LogP) is 3.13. The molecule has 3 aliphatic heterocycles. The van der Waals surface area contributed by atoms with Gasteiger partial charge in [-0.2, -0.15) is 0 Å².